The van der Waals surface area contributed by atoms with Crippen molar-refractivity contribution in [2.45, 2.75) is 26.8 Å². The lowest BCUT2D eigenvalue weighted by Gasteiger charge is -2.09. The minimum atomic E-state index is -0.879. The van der Waals surface area contributed by atoms with E-state index in [1.165, 1.54) is 0 Å². The van der Waals surface area contributed by atoms with Gasteiger partial charge in [-0.25, -0.2) is 4.98 Å². The molecular weight excluding hydrogens is 448 g/mol. The van der Waals surface area contributed by atoms with Crippen molar-refractivity contribution < 1.29 is 19.4 Å². The van der Waals surface area contributed by atoms with Gasteiger partial charge in [0.05, 0.1) is 30.5 Å². The second kappa shape index (κ2) is 10.1. The van der Waals surface area contributed by atoms with Crippen LogP contribution < -0.4 is 9.47 Å². The van der Waals surface area contributed by atoms with Crippen molar-refractivity contribution in [3.8, 4) is 43.9 Å². The van der Waals surface area contributed by atoms with Gasteiger partial charge in [-0.05, 0) is 78.1 Å². The smallest absolute Gasteiger partial charge is 0.323 e. The van der Waals surface area contributed by atoms with Crippen LogP contribution in [0.15, 0.2) is 60.8 Å². The van der Waals surface area contributed by atoms with Gasteiger partial charge in [-0.1, -0.05) is 13.8 Å². The Morgan fingerprint density at radius 3 is 2.09 bits per heavy atom. The van der Waals surface area contributed by atoms with Gasteiger partial charge in [0.25, 0.3) is 0 Å². The van der Waals surface area contributed by atoms with E-state index < -0.39 is 5.97 Å². The molecule has 0 spiro atoms. The first-order chi connectivity index (χ1) is 16.4. The molecule has 0 saturated heterocycles. The Morgan fingerprint density at radius 2 is 1.56 bits per heavy atom. The van der Waals surface area contributed by atoms with Crippen molar-refractivity contribution in [3.63, 3.8) is 0 Å². The average molecular weight is 477 g/mol. The van der Waals surface area contributed by atoms with Crippen molar-refractivity contribution in [3.05, 3.63) is 66.4 Å². The number of carboxylic acid groups (broad SMARTS) is 1. The van der Waals surface area contributed by atoms with E-state index in [0.717, 1.165) is 55.9 Å². The number of carboxylic acids is 1. The third-order valence-corrected chi connectivity index (χ3v) is 6.64. The molecule has 0 unspecified atom stereocenters. The van der Waals surface area contributed by atoms with Crippen LogP contribution in [0, 0.1) is 5.92 Å². The first kappa shape index (κ1) is 23.6. The number of carbonyl (C=O) groups is 1. The topological polar surface area (TPSA) is 73.6 Å². The molecule has 0 aliphatic heterocycles. The monoisotopic (exact) mass is 476 g/mol. The minimum Gasteiger partial charge on any atom is -0.497 e. The summed E-state index contributed by atoms with van der Waals surface area (Å²) >= 11 is 1.57. The summed E-state index contributed by atoms with van der Waals surface area (Å²) in [5.41, 5.74) is 4.82. The van der Waals surface area contributed by atoms with E-state index in [1.807, 2.05) is 60.8 Å². The van der Waals surface area contributed by atoms with Crippen LogP contribution in [0.2, 0.25) is 0 Å². The van der Waals surface area contributed by atoms with Gasteiger partial charge in [0.1, 0.15) is 23.1 Å². The van der Waals surface area contributed by atoms with Crippen LogP contribution in [0.25, 0.3) is 32.4 Å². The van der Waals surface area contributed by atoms with Crippen LogP contribution in [-0.4, -0.2) is 34.8 Å². The first-order valence-electron chi connectivity index (χ1n) is 11.1. The van der Waals surface area contributed by atoms with Crippen molar-refractivity contribution >= 4 is 17.3 Å². The summed E-state index contributed by atoms with van der Waals surface area (Å²) in [5.74, 6) is 1.12. The first-order valence-corrected chi connectivity index (χ1v) is 11.9. The molecule has 0 aliphatic carbocycles. The fourth-order valence-electron chi connectivity index (χ4n) is 3.96. The molecule has 1 N–H and O–H groups in total. The number of ether oxygens (including phenoxy) is 2. The van der Waals surface area contributed by atoms with E-state index in [4.69, 9.17) is 14.5 Å². The third kappa shape index (κ3) is 4.99. The number of nitrogens with zero attached hydrogens (tertiary/aromatic N) is 2. The number of aromatic nitrogens is 2. The number of benzene rings is 2. The molecule has 0 radical (unpaired) electrons. The maximum atomic E-state index is 11.6. The Balaban J connectivity index is 1.90. The summed E-state index contributed by atoms with van der Waals surface area (Å²) in [6.45, 7) is 4.21. The fraction of sp³-hybridized carbons (Fsp3) is 0.259. The Morgan fingerprint density at radius 1 is 0.971 bits per heavy atom. The van der Waals surface area contributed by atoms with Crippen LogP contribution in [-0.2, 0) is 17.8 Å². The number of aliphatic carboxylic acids is 1. The van der Waals surface area contributed by atoms with E-state index in [0.29, 0.717) is 5.92 Å². The molecule has 7 heteroatoms. The molecule has 176 valence electrons. The van der Waals surface area contributed by atoms with Crippen LogP contribution in [0.1, 0.15) is 19.4 Å². The summed E-state index contributed by atoms with van der Waals surface area (Å²) in [7, 11) is 3.29. The van der Waals surface area contributed by atoms with Gasteiger partial charge < -0.3 is 19.1 Å². The highest BCUT2D eigenvalue weighted by Gasteiger charge is 2.22. The second-order valence-electron chi connectivity index (χ2n) is 8.46. The number of rotatable bonds is 9. The molecule has 34 heavy (non-hydrogen) atoms. The number of hydrogen-bond acceptors (Lipinski definition) is 5. The van der Waals surface area contributed by atoms with Crippen molar-refractivity contribution in [1.29, 1.82) is 0 Å². The number of methoxy groups -OCH3 is 2. The quantitative estimate of drug-likeness (QED) is 0.309. The van der Waals surface area contributed by atoms with Crippen molar-refractivity contribution in [2.24, 2.45) is 5.92 Å². The van der Waals surface area contributed by atoms with Crippen LogP contribution >= 0.6 is 11.3 Å². The zero-order valence-corrected chi connectivity index (χ0v) is 20.6. The zero-order chi connectivity index (χ0) is 24.2. The Bertz CT molecular complexity index is 1210. The van der Waals surface area contributed by atoms with Gasteiger partial charge in [-0.3, -0.25) is 4.79 Å². The van der Waals surface area contributed by atoms with Gasteiger partial charge in [0.2, 0.25) is 0 Å². The summed E-state index contributed by atoms with van der Waals surface area (Å²) in [6, 6.07) is 17.8. The van der Waals surface area contributed by atoms with Gasteiger partial charge in [0, 0.05) is 11.8 Å². The summed E-state index contributed by atoms with van der Waals surface area (Å²) < 4.78 is 12.4. The van der Waals surface area contributed by atoms with Crippen LogP contribution in [0.5, 0.6) is 11.5 Å². The van der Waals surface area contributed by atoms with Gasteiger partial charge in [0.15, 0.2) is 0 Å². The van der Waals surface area contributed by atoms with E-state index >= 15 is 0 Å². The molecule has 2 aromatic carbocycles. The molecule has 2 heterocycles. The standard InChI is InChI=1S/C27H28N2O4S/c1-17(2)15-20-13-14-29(16-23(30)31)25(20)27-28-24(18-5-9-21(32-3)10-6-18)26(34-27)19-7-11-22(33-4)12-8-19/h5-14,17H,15-16H2,1-4H3,(H,30,31). The predicted octanol–water partition coefficient (Wildman–Crippen LogP) is 6.25. The maximum Gasteiger partial charge on any atom is 0.323 e. The van der Waals surface area contributed by atoms with Gasteiger partial charge in [-0.2, -0.15) is 0 Å². The summed E-state index contributed by atoms with van der Waals surface area (Å²) in [4.78, 5) is 17.6. The SMILES string of the molecule is COc1ccc(-c2nc(-c3c(CC(C)C)ccn3CC(=O)O)sc2-c2ccc(OC)cc2)cc1. The molecular formula is C27H28N2O4S. The number of thiazole rings is 1. The van der Waals surface area contributed by atoms with E-state index in [2.05, 4.69) is 13.8 Å². The molecule has 0 saturated carbocycles. The van der Waals surface area contributed by atoms with Crippen molar-refractivity contribution in [1.82, 2.24) is 9.55 Å². The highest BCUT2D eigenvalue weighted by atomic mass is 32.1. The molecule has 4 aromatic rings. The minimum absolute atomic E-state index is 0.108. The highest BCUT2D eigenvalue weighted by molar-refractivity contribution is 7.19. The molecule has 0 aliphatic rings. The molecule has 4 rings (SSSR count). The maximum absolute atomic E-state index is 11.6. The van der Waals surface area contributed by atoms with E-state index in [-0.39, 0.29) is 6.54 Å². The molecule has 2 aromatic heterocycles. The molecule has 6 nitrogen and oxygen atoms in total. The van der Waals surface area contributed by atoms with Gasteiger partial charge in [-0.15, -0.1) is 11.3 Å². The normalized spacial score (nSPS) is 11.1. The predicted molar refractivity (Wildman–Crippen MR) is 136 cm³/mol. The lowest BCUT2D eigenvalue weighted by Crippen LogP contribution is -2.09. The summed E-state index contributed by atoms with van der Waals surface area (Å²) in [6.07, 6.45) is 2.69. The Labute approximate surface area is 203 Å². The van der Waals surface area contributed by atoms with Crippen LogP contribution in [0.4, 0.5) is 0 Å². The Kier molecular flexibility index (Phi) is 7.03. The second-order valence-corrected chi connectivity index (χ2v) is 9.46. The van der Waals surface area contributed by atoms with Crippen LogP contribution in [0.3, 0.4) is 0 Å². The lowest BCUT2D eigenvalue weighted by atomic mass is 10.0. The fourth-order valence-corrected chi connectivity index (χ4v) is 5.15. The zero-order valence-electron chi connectivity index (χ0n) is 19.7. The average Bonchev–Trinajstić information content (AvgIpc) is 3.42. The van der Waals surface area contributed by atoms with E-state index in [1.54, 1.807) is 30.1 Å². The molecule has 0 atom stereocenters. The molecule has 0 amide bonds. The van der Waals surface area contributed by atoms with E-state index in [9.17, 15) is 9.90 Å². The van der Waals surface area contributed by atoms with Crippen molar-refractivity contribution in [2.75, 3.05) is 14.2 Å². The largest absolute Gasteiger partial charge is 0.497 e. The van der Waals surface area contributed by atoms with Gasteiger partial charge >= 0.3 is 5.97 Å². The molecule has 0 bridgehead atoms. The number of hydrogen-bond donors (Lipinski definition) is 1. The summed E-state index contributed by atoms with van der Waals surface area (Å²) in [5, 5.41) is 10.3. The third-order valence-electron chi connectivity index (χ3n) is 5.53. The Hall–Kier alpha value is -3.58. The lowest BCUT2D eigenvalue weighted by molar-refractivity contribution is -0.137. The molecule has 0 fully saturated rings. The highest BCUT2D eigenvalue weighted by Crippen LogP contribution is 2.42.